The summed E-state index contributed by atoms with van der Waals surface area (Å²) in [6.45, 7) is 18.3. The maximum Gasteiger partial charge on any atom is 0.332 e. The highest BCUT2D eigenvalue weighted by Crippen LogP contribution is 2.39. The minimum absolute atomic E-state index is 0.0330. The molecule has 25 heavy (non-hydrogen) atoms. The SMILES string of the molecule is C=C[C@@H](COC(C)C(=O)O)[C@@H]1NC(=O)[C@@H]1[C@@H](C)O[Si](C)(C)C(C)(C)C. The number of amides is 1. The van der Waals surface area contributed by atoms with E-state index in [0.717, 1.165) is 0 Å². The number of ether oxygens (including phenoxy) is 1. The van der Waals surface area contributed by atoms with Gasteiger partial charge in [-0.2, -0.15) is 0 Å². The number of aliphatic carboxylic acids is 1. The third kappa shape index (κ3) is 5.15. The molecule has 7 heteroatoms. The van der Waals surface area contributed by atoms with E-state index in [1.165, 1.54) is 6.92 Å². The summed E-state index contributed by atoms with van der Waals surface area (Å²) < 4.78 is 11.8. The van der Waals surface area contributed by atoms with E-state index in [1.54, 1.807) is 6.08 Å². The van der Waals surface area contributed by atoms with E-state index in [-0.39, 0.29) is 41.5 Å². The Hall–Kier alpha value is -1.18. The summed E-state index contributed by atoms with van der Waals surface area (Å²) in [5.74, 6) is -1.48. The molecule has 5 atom stereocenters. The predicted molar refractivity (Wildman–Crippen MR) is 99.9 cm³/mol. The Morgan fingerprint density at radius 2 is 1.96 bits per heavy atom. The van der Waals surface area contributed by atoms with Crippen molar-refractivity contribution in [2.45, 2.75) is 71.0 Å². The summed E-state index contributed by atoms with van der Waals surface area (Å²) >= 11 is 0. The van der Waals surface area contributed by atoms with Gasteiger partial charge in [-0.15, -0.1) is 6.58 Å². The van der Waals surface area contributed by atoms with Crippen LogP contribution in [0.4, 0.5) is 0 Å². The van der Waals surface area contributed by atoms with E-state index in [2.05, 4.69) is 45.8 Å². The average molecular weight is 372 g/mol. The molecule has 6 nitrogen and oxygen atoms in total. The van der Waals surface area contributed by atoms with Gasteiger partial charge in [-0.3, -0.25) is 4.79 Å². The van der Waals surface area contributed by atoms with Gasteiger partial charge in [0.1, 0.15) is 0 Å². The summed E-state index contributed by atoms with van der Waals surface area (Å²) in [5.41, 5.74) is 0. The van der Waals surface area contributed by atoms with Crippen molar-refractivity contribution in [3.05, 3.63) is 12.7 Å². The van der Waals surface area contributed by atoms with Gasteiger partial charge in [-0.25, -0.2) is 4.79 Å². The molecule has 0 saturated carbocycles. The molecule has 1 amide bonds. The summed E-state index contributed by atoms with van der Waals surface area (Å²) in [6.07, 6.45) is 0.613. The van der Waals surface area contributed by atoms with Crippen molar-refractivity contribution in [3.63, 3.8) is 0 Å². The molecule has 1 unspecified atom stereocenters. The summed E-state index contributed by atoms with van der Waals surface area (Å²) in [4.78, 5) is 23.0. The molecular formula is C18H33NO5Si. The van der Waals surface area contributed by atoms with Gasteiger partial charge < -0.3 is 19.6 Å². The Morgan fingerprint density at radius 1 is 1.40 bits per heavy atom. The number of carboxylic acids is 1. The van der Waals surface area contributed by atoms with Gasteiger partial charge in [0, 0.05) is 5.92 Å². The Labute approximate surface area is 152 Å². The molecule has 1 saturated heterocycles. The molecule has 0 aromatic carbocycles. The maximum absolute atomic E-state index is 12.1. The van der Waals surface area contributed by atoms with Crippen LogP contribution in [-0.2, 0) is 18.8 Å². The first kappa shape index (κ1) is 21.9. The lowest BCUT2D eigenvalue weighted by Gasteiger charge is -2.47. The summed E-state index contributed by atoms with van der Waals surface area (Å²) in [6, 6.07) is -0.147. The molecule has 0 aromatic heterocycles. The van der Waals surface area contributed by atoms with E-state index in [1.807, 2.05) is 6.92 Å². The maximum atomic E-state index is 12.1. The van der Waals surface area contributed by atoms with Crippen molar-refractivity contribution in [1.82, 2.24) is 5.32 Å². The number of hydrogen-bond donors (Lipinski definition) is 2. The molecule has 1 heterocycles. The number of nitrogens with one attached hydrogen (secondary N) is 1. The topological polar surface area (TPSA) is 84.9 Å². The van der Waals surface area contributed by atoms with Crippen LogP contribution < -0.4 is 5.32 Å². The normalized spacial score (nSPS) is 24.7. The Bertz CT molecular complexity index is 514. The number of β-lactam (4-membered cyclic amide) rings is 1. The molecule has 0 spiro atoms. The van der Waals surface area contributed by atoms with E-state index < -0.39 is 20.4 Å². The first-order valence-electron chi connectivity index (χ1n) is 8.77. The zero-order chi connectivity index (χ0) is 19.6. The minimum Gasteiger partial charge on any atom is -0.479 e. The van der Waals surface area contributed by atoms with Crippen LogP contribution in [0.3, 0.4) is 0 Å². The van der Waals surface area contributed by atoms with Crippen LogP contribution in [0.15, 0.2) is 12.7 Å². The quantitative estimate of drug-likeness (QED) is 0.370. The van der Waals surface area contributed by atoms with Gasteiger partial charge in [0.25, 0.3) is 0 Å². The van der Waals surface area contributed by atoms with Crippen molar-refractivity contribution >= 4 is 20.2 Å². The number of carbonyl (C=O) groups is 2. The molecule has 144 valence electrons. The van der Waals surface area contributed by atoms with Crippen LogP contribution in [0.5, 0.6) is 0 Å². The highest BCUT2D eigenvalue weighted by Gasteiger charge is 2.49. The second kappa shape index (κ2) is 8.01. The van der Waals surface area contributed by atoms with Gasteiger partial charge in [-0.1, -0.05) is 26.8 Å². The molecule has 1 aliphatic rings. The van der Waals surface area contributed by atoms with Crippen LogP contribution >= 0.6 is 0 Å². The lowest BCUT2D eigenvalue weighted by Crippen LogP contribution is -2.66. The van der Waals surface area contributed by atoms with E-state index in [9.17, 15) is 9.59 Å². The number of carboxylic acid groups (broad SMARTS) is 1. The van der Waals surface area contributed by atoms with Gasteiger partial charge in [-0.05, 0) is 32.0 Å². The lowest BCUT2D eigenvalue weighted by molar-refractivity contribution is -0.152. The Morgan fingerprint density at radius 3 is 2.36 bits per heavy atom. The first-order valence-corrected chi connectivity index (χ1v) is 11.7. The summed E-state index contributed by atoms with van der Waals surface area (Å²) in [5, 5.41) is 11.9. The van der Waals surface area contributed by atoms with Crippen molar-refractivity contribution in [3.8, 4) is 0 Å². The third-order valence-corrected chi connectivity index (χ3v) is 10.0. The van der Waals surface area contributed by atoms with Crippen molar-refractivity contribution < 1.29 is 23.9 Å². The molecule has 1 aliphatic heterocycles. The van der Waals surface area contributed by atoms with Crippen molar-refractivity contribution in [1.29, 1.82) is 0 Å². The van der Waals surface area contributed by atoms with Crippen LogP contribution in [0.1, 0.15) is 34.6 Å². The van der Waals surface area contributed by atoms with E-state index >= 15 is 0 Å². The van der Waals surface area contributed by atoms with E-state index in [4.69, 9.17) is 14.3 Å². The third-order valence-electron chi connectivity index (χ3n) is 5.44. The van der Waals surface area contributed by atoms with Crippen LogP contribution in [0.2, 0.25) is 18.1 Å². The molecule has 0 aliphatic carbocycles. The zero-order valence-corrected chi connectivity index (χ0v) is 17.5. The fourth-order valence-corrected chi connectivity index (χ4v) is 4.09. The molecular weight excluding hydrogens is 338 g/mol. The van der Waals surface area contributed by atoms with Gasteiger partial charge in [0.15, 0.2) is 14.4 Å². The Balaban J connectivity index is 2.77. The van der Waals surface area contributed by atoms with E-state index in [0.29, 0.717) is 0 Å². The number of carbonyl (C=O) groups excluding carboxylic acids is 1. The van der Waals surface area contributed by atoms with Crippen molar-refractivity contribution in [2.24, 2.45) is 11.8 Å². The van der Waals surface area contributed by atoms with Crippen LogP contribution in [0, 0.1) is 11.8 Å². The standard InChI is InChI=1S/C18H33NO5Si/c1-9-13(10-23-12(3)17(21)22)15-14(16(20)19-15)11(2)24-25(7,8)18(4,5)6/h9,11-15H,1,10H2,2-8H3,(H,19,20)(H,21,22)/t11-,12?,13+,14-,15+/m1/s1. The molecule has 0 bridgehead atoms. The monoisotopic (exact) mass is 371 g/mol. The van der Waals surface area contributed by atoms with Crippen LogP contribution in [-0.4, -0.2) is 50.2 Å². The Kier molecular flexibility index (Phi) is 7.01. The zero-order valence-electron chi connectivity index (χ0n) is 16.5. The van der Waals surface area contributed by atoms with Crippen LogP contribution in [0.25, 0.3) is 0 Å². The second-order valence-corrected chi connectivity index (χ2v) is 13.1. The fourth-order valence-electron chi connectivity index (χ4n) is 2.66. The lowest BCUT2D eigenvalue weighted by atomic mass is 9.78. The molecule has 2 N–H and O–H groups in total. The second-order valence-electron chi connectivity index (χ2n) is 8.36. The fraction of sp³-hybridized carbons (Fsp3) is 0.778. The highest BCUT2D eigenvalue weighted by atomic mass is 28.4. The smallest absolute Gasteiger partial charge is 0.332 e. The number of rotatable bonds is 9. The molecule has 1 rings (SSSR count). The highest BCUT2D eigenvalue weighted by molar-refractivity contribution is 6.74. The number of hydrogen-bond acceptors (Lipinski definition) is 4. The van der Waals surface area contributed by atoms with Crippen molar-refractivity contribution in [2.75, 3.05) is 6.61 Å². The molecule has 1 fully saturated rings. The average Bonchev–Trinajstić information content (AvgIpc) is 2.43. The van der Waals surface area contributed by atoms with Gasteiger partial charge in [0.2, 0.25) is 5.91 Å². The summed E-state index contributed by atoms with van der Waals surface area (Å²) in [7, 11) is -1.98. The van der Waals surface area contributed by atoms with Gasteiger partial charge in [0.05, 0.1) is 24.7 Å². The predicted octanol–water partition coefficient (Wildman–Crippen LogP) is 2.80. The largest absolute Gasteiger partial charge is 0.479 e. The molecule has 0 aromatic rings. The molecule has 0 radical (unpaired) electrons. The van der Waals surface area contributed by atoms with Gasteiger partial charge >= 0.3 is 5.97 Å². The minimum atomic E-state index is -1.98. The first-order chi connectivity index (χ1) is 11.3.